The Morgan fingerprint density at radius 3 is 2.68 bits per heavy atom. The summed E-state index contributed by atoms with van der Waals surface area (Å²) in [7, 11) is 0. The fourth-order valence-corrected chi connectivity index (χ4v) is 5.65. The van der Waals surface area contributed by atoms with Crippen LogP contribution in [0.25, 0.3) is 0 Å². The Kier molecular flexibility index (Phi) is 7.33. The summed E-state index contributed by atoms with van der Waals surface area (Å²) in [5.41, 5.74) is 4.76. The van der Waals surface area contributed by atoms with E-state index in [0.717, 1.165) is 29.5 Å². The third kappa shape index (κ3) is 4.84. The number of nitrogens with zero attached hydrogens (tertiary/aromatic N) is 2. The highest BCUT2D eigenvalue weighted by Gasteiger charge is 2.47. The molecule has 3 aliphatic heterocycles. The molecule has 1 saturated heterocycles. The smallest absolute Gasteiger partial charge is 0.322 e. The van der Waals surface area contributed by atoms with Crippen LogP contribution in [0, 0.1) is 13.8 Å². The summed E-state index contributed by atoms with van der Waals surface area (Å²) in [6.45, 7) is 9.28. The summed E-state index contributed by atoms with van der Waals surface area (Å²) in [5, 5.41) is 6.05. The van der Waals surface area contributed by atoms with Gasteiger partial charge in [0.05, 0.1) is 30.0 Å². The standard InChI is InChI=1S/C30H34N4O4/c1-4-14-33-24-18-34(27(21-9-6-5-7-10-21)28(35)31-17-22-11-8-15-38-22)29(36)25(24)26(32-30(33)37)23-13-12-19(2)16-20(23)3/h4-7,9-10,12-13,16,22,26-27H,1,8,11,14-15,17-18H2,2-3H3,(H,31,35)(H,32,37)/t22-,26+,27+/m0/s1. The summed E-state index contributed by atoms with van der Waals surface area (Å²) in [5.74, 6) is -0.530. The molecule has 8 nitrogen and oxygen atoms in total. The van der Waals surface area contributed by atoms with E-state index in [-0.39, 0.29) is 37.0 Å². The van der Waals surface area contributed by atoms with E-state index in [0.29, 0.717) is 30.0 Å². The van der Waals surface area contributed by atoms with Crippen LogP contribution in [0.4, 0.5) is 4.79 Å². The Morgan fingerprint density at radius 2 is 2.00 bits per heavy atom. The molecule has 0 radical (unpaired) electrons. The quantitative estimate of drug-likeness (QED) is 0.526. The van der Waals surface area contributed by atoms with Crippen LogP contribution in [0.5, 0.6) is 0 Å². The van der Waals surface area contributed by atoms with Gasteiger partial charge in [0.1, 0.15) is 6.04 Å². The molecule has 3 aliphatic rings. The lowest BCUT2D eigenvalue weighted by molar-refractivity contribution is -0.137. The van der Waals surface area contributed by atoms with Gasteiger partial charge in [-0.15, -0.1) is 6.58 Å². The average Bonchev–Trinajstić information content (AvgIpc) is 3.54. The zero-order chi connectivity index (χ0) is 26.8. The Balaban J connectivity index is 1.52. The van der Waals surface area contributed by atoms with E-state index in [1.807, 2.05) is 62.4 Å². The molecule has 3 heterocycles. The zero-order valence-electron chi connectivity index (χ0n) is 21.9. The van der Waals surface area contributed by atoms with Crippen molar-refractivity contribution in [1.29, 1.82) is 0 Å². The molecule has 8 heteroatoms. The van der Waals surface area contributed by atoms with Crippen LogP contribution in [-0.2, 0) is 14.3 Å². The van der Waals surface area contributed by atoms with Crippen molar-refractivity contribution in [1.82, 2.24) is 20.4 Å². The Morgan fingerprint density at radius 1 is 1.21 bits per heavy atom. The van der Waals surface area contributed by atoms with Gasteiger partial charge in [0, 0.05) is 19.7 Å². The first-order valence-electron chi connectivity index (χ1n) is 13.1. The van der Waals surface area contributed by atoms with Crippen molar-refractivity contribution in [3.05, 3.63) is 94.7 Å². The maximum absolute atomic E-state index is 14.2. The number of carbonyl (C=O) groups is 3. The SMILES string of the molecule is C=CCN1C(=O)N[C@H](c2ccc(C)cc2C)C2=C1CN([C@@H](C(=O)NC[C@@H]1CCCO1)c1ccccc1)C2=O. The summed E-state index contributed by atoms with van der Waals surface area (Å²) in [6.07, 6.45) is 3.49. The van der Waals surface area contributed by atoms with Crippen LogP contribution in [0.1, 0.15) is 47.2 Å². The van der Waals surface area contributed by atoms with Gasteiger partial charge in [0.2, 0.25) is 5.91 Å². The van der Waals surface area contributed by atoms with E-state index in [1.54, 1.807) is 15.9 Å². The minimum Gasteiger partial charge on any atom is -0.376 e. The minimum absolute atomic E-state index is 0.0187. The van der Waals surface area contributed by atoms with Crippen LogP contribution in [0.15, 0.2) is 72.5 Å². The molecule has 0 spiro atoms. The maximum Gasteiger partial charge on any atom is 0.322 e. The van der Waals surface area contributed by atoms with Crippen LogP contribution < -0.4 is 10.6 Å². The number of nitrogens with one attached hydrogen (secondary N) is 2. The van der Waals surface area contributed by atoms with Gasteiger partial charge in [0.15, 0.2) is 0 Å². The number of hydrogen-bond acceptors (Lipinski definition) is 4. The Labute approximate surface area is 223 Å². The van der Waals surface area contributed by atoms with Crippen LogP contribution in [-0.4, -0.2) is 60.0 Å². The maximum atomic E-state index is 14.2. The Hall–Kier alpha value is -3.91. The molecule has 38 heavy (non-hydrogen) atoms. The van der Waals surface area contributed by atoms with Crippen molar-refractivity contribution < 1.29 is 19.1 Å². The van der Waals surface area contributed by atoms with Crippen molar-refractivity contribution in [2.45, 2.75) is 44.9 Å². The molecule has 2 N–H and O–H groups in total. The molecule has 5 rings (SSSR count). The summed E-state index contributed by atoms with van der Waals surface area (Å²) < 4.78 is 5.68. The fourth-order valence-electron chi connectivity index (χ4n) is 5.65. The third-order valence-corrected chi connectivity index (χ3v) is 7.50. The molecule has 0 bridgehead atoms. The van der Waals surface area contributed by atoms with Gasteiger partial charge in [-0.25, -0.2) is 4.79 Å². The van der Waals surface area contributed by atoms with E-state index < -0.39 is 12.1 Å². The van der Waals surface area contributed by atoms with E-state index in [4.69, 9.17) is 4.74 Å². The fraction of sp³-hybridized carbons (Fsp3) is 0.367. The second-order valence-corrected chi connectivity index (χ2v) is 10.1. The number of urea groups is 1. The number of amides is 4. The second-order valence-electron chi connectivity index (χ2n) is 10.1. The normalized spacial score (nSPS) is 21.8. The van der Waals surface area contributed by atoms with Gasteiger partial charge in [-0.3, -0.25) is 14.5 Å². The predicted octanol–water partition coefficient (Wildman–Crippen LogP) is 3.69. The van der Waals surface area contributed by atoms with Crippen LogP contribution >= 0.6 is 0 Å². The number of benzene rings is 2. The molecule has 198 valence electrons. The van der Waals surface area contributed by atoms with E-state index in [9.17, 15) is 14.4 Å². The van der Waals surface area contributed by atoms with E-state index >= 15 is 0 Å². The summed E-state index contributed by atoms with van der Waals surface area (Å²) in [6, 6.07) is 13.5. The minimum atomic E-state index is -0.851. The Bertz CT molecular complexity index is 1280. The van der Waals surface area contributed by atoms with Crippen molar-refractivity contribution in [2.24, 2.45) is 0 Å². The lowest BCUT2D eigenvalue weighted by Gasteiger charge is -2.33. The monoisotopic (exact) mass is 514 g/mol. The van der Waals surface area contributed by atoms with Gasteiger partial charge in [0.25, 0.3) is 5.91 Å². The number of ether oxygens (including phenoxy) is 1. The molecule has 2 aromatic rings. The van der Waals surface area contributed by atoms with Crippen molar-refractivity contribution in [2.75, 3.05) is 26.2 Å². The van der Waals surface area contributed by atoms with Crippen molar-refractivity contribution >= 4 is 17.8 Å². The molecule has 0 saturated carbocycles. The number of carbonyl (C=O) groups excluding carboxylic acids is 3. The molecular weight excluding hydrogens is 480 g/mol. The topological polar surface area (TPSA) is 91.0 Å². The highest BCUT2D eigenvalue weighted by atomic mass is 16.5. The summed E-state index contributed by atoms with van der Waals surface area (Å²) in [4.78, 5) is 44.2. The molecule has 2 aromatic carbocycles. The first kappa shape index (κ1) is 25.7. The van der Waals surface area contributed by atoms with Gasteiger partial charge in [-0.2, -0.15) is 0 Å². The molecule has 0 aromatic heterocycles. The zero-order valence-corrected chi connectivity index (χ0v) is 21.9. The van der Waals surface area contributed by atoms with Crippen LogP contribution in [0.3, 0.4) is 0 Å². The number of aryl methyl sites for hydroxylation is 2. The first-order valence-corrected chi connectivity index (χ1v) is 13.1. The third-order valence-electron chi connectivity index (χ3n) is 7.50. The van der Waals surface area contributed by atoms with Gasteiger partial charge in [-0.05, 0) is 43.4 Å². The lowest BCUT2D eigenvalue weighted by atomic mass is 9.91. The van der Waals surface area contributed by atoms with E-state index in [1.165, 1.54) is 0 Å². The largest absolute Gasteiger partial charge is 0.376 e. The molecule has 0 aliphatic carbocycles. The van der Waals surface area contributed by atoms with Crippen molar-refractivity contribution in [3.8, 4) is 0 Å². The molecule has 3 atom stereocenters. The van der Waals surface area contributed by atoms with Crippen molar-refractivity contribution in [3.63, 3.8) is 0 Å². The average molecular weight is 515 g/mol. The highest BCUT2D eigenvalue weighted by molar-refractivity contribution is 6.04. The number of hydrogen-bond donors (Lipinski definition) is 2. The molecule has 0 unspecified atom stereocenters. The van der Waals surface area contributed by atoms with Gasteiger partial charge < -0.3 is 20.3 Å². The van der Waals surface area contributed by atoms with Gasteiger partial charge >= 0.3 is 6.03 Å². The van der Waals surface area contributed by atoms with Gasteiger partial charge in [-0.1, -0.05) is 60.2 Å². The number of rotatable bonds is 8. The molecular formula is C30H34N4O4. The van der Waals surface area contributed by atoms with E-state index in [2.05, 4.69) is 17.2 Å². The lowest BCUT2D eigenvalue weighted by Crippen LogP contribution is -2.47. The molecule has 4 amide bonds. The predicted molar refractivity (Wildman–Crippen MR) is 144 cm³/mol. The van der Waals surface area contributed by atoms with Crippen LogP contribution in [0.2, 0.25) is 0 Å². The summed E-state index contributed by atoms with van der Waals surface area (Å²) >= 11 is 0. The first-order chi connectivity index (χ1) is 18.4. The highest BCUT2D eigenvalue weighted by Crippen LogP contribution is 2.40. The second kappa shape index (κ2) is 10.8. The molecule has 1 fully saturated rings.